The normalized spacial score (nSPS) is 13.6. The SMILES string of the molecule is Cc1ccc(SCCCN2C(=O)c3ccccc3C2=O)cc1. The van der Waals surface area contributed by atoms with E-state index in [2.05, 4.69) is 31.2 Å². The maximum atomic E-state index is 12.2. The number of nitrogens with zero attached hydrogens (tertiary/aromatic N) is 1. The molecular formula is C18H17NO2S. The Kier molecular flexibility index (Phi) is 4.29. The highest BCUT2D eigenvalue weighted by molar-refractivity contribution is 7.99. The topological polar surface area (TPSA) is 37.4 Å². The summed E-state index contributed by atoms with van der Waals surface area (Å²) in [6, 6.07) is 15.4. The second-order valence-electron chi connectivity index (χ2n) is 5.32. The van der Waals surface area contributed by atoms with E-state index in [4.69, 9.17) is 0 Å². The largest absolute Gasteiger partial charge is 0.274 e. The number of imide groups is 1. The van der Waals surface area contributed by atoms with Gasteiger partial charge in [-0.2, -0.15) is 0 Å². The van der Waals surface area contributed by atoms with E-state index in [0.717, 1.165) is 12.2 Å². The van der Waals surface area contributed by atoms with Crippen LogP contribution in [0.3, 0.4) is 0 Å². The van der Waals surface area contributed by atoms with Gasteiger partial charge in [0.2, 0.25) is 0 Å². The lowest BCUT2D eigenvalue weighted by Crippen LogP contribution is -2.30. The van der Waals surface area contributed by atoms with Crippen LogP contribution >= 0.6 is 11.8 Å². The van der Waals surface area contributed by atoms with Gasteiger partial charge in [0.05, 0.1) is 11.1 Å². The van der Waals surface area contributed by atoms with Gasteiger partial charge in [0, 0.05) is 11.4 Å². The highest BCUT2D eigenvalue weighted by Gasteiger charge is 2.34. The van der Waals surface area contributed by atoms with Crippen molar-refractivity contribution in [3.63, 3.8) is 0 Å². The summed E-state index contributed by atoms with van der Waals surface area (Å²) in [6.45, 7) is 2.54. The molecule has 1 heterocycles. The van der Waals surface area contributed by atoms with Gasteiger partial charge in [-0.25, -0.2) is 0 Å². The van der Waals surface area contributed by atoms with E-state index in [1.54, 1.807) is 36.0 Å². The molecule has 0 bridgehead atoms. The maximum Gasteiger partial charge on any atom is 0.261 e. The molecule has 0 unspecified atom stereocenters. The monoisotopic (exact) mass is 311 g/mol. The number of thioether (sulfide) groups is 1. The fraction of sp³-hybridized carbons (Fsp3) is 0.222. The third-order valence-electron chi connectivity index (χ3n) is 3.69. The zero-order valence-corrected chi connectivity index (χ0v) is 13.2. The minimum atomic E-state index is -0.166. The lowest BCUT2D eigenvalue weighted by atomic mass is 10.1. The minimum absolute atomic E-state index is 0.166. The van der Waals surface area contributed by atoms with Crippen molar-refractivity contribution in [2.75, 3.05) is 12.3 Å². The summed E-state index contributed by atoms with van der Waals surface area (Å²) in [5.41, 5.74) is 2.30. The lowest BCUT2D eigenvalue weighted by molar-refractivity contribution is 0.0655. The second kappa shape index (κ2) is 6.36. The second-order valence-corrected chi connectivity index (χ2v) is 6.49. The number of benzene rings is 2. The Labute approximate surface area is 134 Å². The zero-order chi connectivity index (χ0) is 15.5. The van der Waals surface area contributed by atoms with Crippen LogP contribution in [0, 0.1) is 6.92 Å². The van der Waals surface area contributed by atoms with Crippen LogP contribution in [0.15, 0.2) is 53.4 Å². The Bertz CT molecular complexity index is 674. The van der Waals surface area contributed by atoms with Crippen molar-refractivity contribution in [2.45, 2.75) is 18.2 Å². The average molecular weight is 311 g/mol. The third kappa shape index (κ3) is 2.92. The third-order valence-corrected chi connectivity index (χ3v) is 4.79. The molecule has 2 amide bonds. The summed E-state index contributed by atoms with van der Waals surface area (Å²) in [4.78, 5) is 27.0. The number of hydrogen-bond acceptors (Lipinski definition) is 3. The van der Waals surface area contributed by atoms with Crippen LogP contribution in [-0.2, 0) is 0 Å². The van der Waals surface area contributed by atoms with E-state index >= 15 is 0 Å². The Hall–Kier alpha value is -2.07. The molecule has 1 aliphatic heterocycles. The van der Waals surface area contributed by atoms with Gasteiger partial charge in [0.15, 0.2) is 0 Å². The highest BCUT2D eigenvalue weighted by atomic mass is 32.2. The molecule has 0 saturated carbocycles. The van der Waals surface area contributed by atoms with Crippen molar-refractivity contribution in [2.24, 2.45) is 0 Å². The van der Waals surface area contributed by atoms with E-state index in [1.165, 1.54) is 15.4 Å². The van der Waals surface area contributed by atoms with Crippen LogP contribution in [0.4, 0.5) is 0 Å². The van der Waals surface area contributed by atoms with Crippen molar-refractivity contribution in [3.8, 4) is 0 Å². The van der Waals surface area contributed by atoms with Crippen LogP contribution in [0.2, 0.25) is 0 Å². The number of carbonyl (C=O) groups excluding carboxylic acids is 2. The summed E-state index contributed by atoms with van der Waals surface area (Å²) in [6.07, 6.45) is 0.796. The number of rotatable bonds is 5. The van der Waals surface area contributed by atoms with Gasteiger partial charge in [0.25, 0.3) is 11.8 Å². The number of hydrogen-bond donors (Lipinski definition) is 0. The standard InChI is InChI=1S/C18H17NO2S/c1-13-7-9-14(10-8-13)22-12-4-11-19-17(20)15-5-2-3-6-16(15)18(19)21/h2-3,5-10H,4,11-12H2,1H3. The molecule has 0 atom stereocenters. The first-order valence-electron chi connectivity index (χ1n) is 7.31. The Morgan fingerprint density at radius 3 is 2.09 bits per heavy atom. The van der Waals surface area contributed by atoms with Crippen LogP contribution in [0.5, 0.6) is 0 Å². The predicted octanol–water partition coefficient (Wildman–Crippen LogP) is 3.77. The van der Waals surface area contributed by atoms with Crippen molar-refractivity contribution >= 4 is 23.6 Å². The lowest BCUT2D eigenvalue weighted by Gasteiger charge is -2.13. The molecule has 0 fully saturated rings. The Morgan fingerprint density at radius 2 is 1.50 bits per heavy atom. The molecule has 22 heavy (non-hydrogen) atoms. The molecule has 3 nitrogen and oxygen atoms in total. The molecule has 2 aromatic rings. The molecule has 1 aliphatic rings. The minimum Gasteiger partial charge on any atom is -0.274 e. The van der Waals surface area contributed by atoms with Gasteiger partial charge in [0.1, 0.15) is 0 Å². The van der Waals surface area contributed by atoms with E-state index in [9.17, 15) is 9.59 Å². The van der Waals surface area contributed by atoms with Crippen LogP contribution in [-0.4, -0.2) is 29.0 Å². The van der Waals surface area contributed by atoms with E-state index in [1.807, 2.05) is 0 Å². The highest BCUT2D eigenvalue weighted by Crippen LogP contribution is 2.24. The molecule has 112 valence electrons. The predicted molar refractivity (Wildman–Crippen MR) is 88.3 cm³/mol. The van der Waals surface area contributed by atoms with Gasteiger partial charge in [-0.1, -0.05) is 29.8 Å². The van der Waals surface area contributed by atoms with Crippen LogP contribution in [0.25, 0.3) is 0 Å². The fourth-order valence-electron chi connectivity index (χ4n) is 2.49. The summed E-state index contributed by atoms with van der Waals surface area (Å²) in [5, 5.41) is 0. The number of fused-ring (bicyclic) bond motifs is 1. The van der Waals surface area contributed by atoms with Crippen LogP contribution in [0.1, 0.15) is 32.7 Å². The molecule has 0 aliphatic carbocycles. The molecule has 0 aromatic heterocycles. The quantitative estimate of drug-likeness (QED) is 0.479. The van der Waals surface area contributed by atoms with Crippen molar-refractivity contribution in [1.29, 1.82) is 0 Å². The van der Waals surface area contributed by atoms with Gasteiger partial charge >= 0.3 is 0 Å². The Balaban J connectivity index is 1.54. The van der Waals surface area contributed by atoms with Crippen molar-refractivity contribution in [1.82, 2.24) is 4.90 Å². The summed E-state index contributed by atoms with van der Waals surface area (Å²) in [5.74, 6) is 0.554. The number of carbonyl (C=O) groups is 2. The molecule has 0 radical (unpaired) electrons. The van der Waals surface area contributed by atoms with Crippen LogP contribution < -0.4 is 0 Å². The molecule has 2 aromatic carbocycles. The van der Waals surface area contributed by atoms with E-state index in [-0.39, 0.29) is 11.8 Å². The average Bonchev–Trinajstić information content (AvgIpc) is 2.78. The van der Waals surface area contributed by atoms with Gasteiger partial charge in [-0.05, 0) is 43.4 Å². The van der Waals surface area contributed by atoms with Crippen molar-refractivity contribution < 1.29 is 9.59 Å². The fourth-order valence-corrected chi connectivity index (χ4v) is 3.33. The van der Waals surface area contributed by atoms with Gasteiger partial charge < -0.3 is 0 Å². The summed E-state index contributed by atoms with van der Waals surface area (Å²) >= 11 is 1.75. The van der Waals surface area contributed by atoms with Gasteiger partial charge in [-0.15, -0.1) is 11.8 Å². The first-order valence-corrected chi connectivity index (χ1v) is 8.30. The molecular weight excluding hydrogens is 294 g/mol. The van der Waals surface area contributed by atoms with E-state index < -0.39 is 0 Å². The summed E-state index contributed by atoms with van der Waals surface area (Å²) < 4.78 is 0. The molecule has 0 N–H and O–H groups in total. The zero-order valence-electron chi connectivity index (χ0n) is 12.4. The van der Waals surface area contributed by atoms with E-state index in [0.29, 0.717) is 17.7 Å². The number of aryl methyl sites for hydroxylation is 1. The van der Waals surface area contributed by atoms with Gasteiger partial charge in [-0.3, -0.25) is 14.5 Å². The maximum absolute atomic E-state index is 12.2. The summed E-state index contributed by atoms with van der Waals surface area (Å²) in [7, 11) is 0. The molecule has 4 heteroatoms. The smallest absolute Gasteiger partial charge is 0.261 e. The Morgan fingerprint density at radius 1 is 0.909 bits per heavy atom. The first-order chi connectivity index (χ1) is 10.7. The first kappa shape index (κ1) is 14.9. The molecule has 0 saturated heterocycles. The number of amides is 2. The van der Waals surface area contributed by atoms with Crippen molar-refractivity contribution in [3.05, 3.63) is 65.2 Å². The molecule has 3 rings (SSSR count). The molecule has 0 spiro atoms.